The van der Waals surface area contributed by atoms with Gasteiger partial charge in [0.25, 0.3) is 0 Å². The fourth-order valence-electron chi connectivity index (χ4n) is 4.03. The molecule has 0 aliphatic heterocycles. The summed E-state index contributed by atoms with van der Waals surface area (Å²) in [7, 11) is 0. The van der Waals surface area contributed by atoms with Crippen LogP contribution in [0.25, 0.3) is 0 Å². The van der Waals surface area contributed by atoms with Gasteiger partial charge >= 0.3 is 6.09 Å². The van der Waals surface area contributed by atoms with Gasteiger partial charge in [0.05, 0.1) is 0 Å². The van der Waals surface area contributed by atoms with Crippen molar-refractivity contribution in [3.63, 3.8) is 0 Å². The van der Waals surface area contributed by atoms with Gasteiger partial charge in [-0.1, -0.05) is 31.4 Å². The molecule has 35 heavy (non-hydrogen) atoms. The monoisotopic (exact) mass is 501 g/mol. The molecule has 8 heteroatoms. The highest BCUT2D eigenvalue weighted by Crippen LogP contribution is 2.34. The fourth-order valence-corrected chi connectivity index (χ4v) is 4.27. The molecule has 0 radical (unpaired) electrons. The number of terminal acetylenes is 1. The molecule has 1 aliphatic carbocycles. The molecule has 1 aliphatic rings. The highest BCUT2D eigenvalue weighted by Gasteiger charge is 2.41. The van der Waals surface area contributed by atoms with Crippen molar-refractivity contribution in [3.05, 3.63) is 35.4 Å². The summed E-state index contributed by atoms with van der Waals surface area (Å²) >= 11 is 4.33. The Morgan fingerprint density at radius 2 is 1.83 bits per heavy atom. The van der Waals surface area contributed by atoms with Gasteiger partial charge in [-0.3, -0.25) is 9.59 Å². The number of ether oxygens (including phenoxy) is 1. The Balaban J connectivity index is 2.43. The quantitative estimate of drug-likeness (QED) is 0.331. The predicted octanol–water partition coefficient (Wildman–Crippen LogP) is 4.22. The number of nitrogens with one attached hydrogen (secondary N) is 2. The summed E-state index contributed by atoms with van der Waals surface area (Å²) in [6.45, 7) is 9.27. The van der Waals surface area contributed by atoms with Crippen LogP contribution in [0.3, 0.4) is 0 Å². The summed E-state index contributed by atoms with van der Waals surface area (Å²) < 4.78 is 5.35. The third-order valence-electron chi connectivity index (χ3n) is 5.92. The standard InChI is InChI=1S/C27H39N3O4S/c1-7-10-18(3)28-24(31)23(20-15-13-19(8-2)14-16-20)30(21-11-9-12-21)25(32)22(17-35)29-26(33)34-27(4,5)6/h2,13-16,18,21-23,35H,7,9-12,17H2,1,3-6H3,(H,28,31)(H,29,33). The van der Waals surface area contributed by atoms with E-state index in [-0.39, 0.29) is 29.7 Å². The Hall–Kier alpha value is -2.66. The number of amides is 3. The van der Waals surface area contributed by atoms with Crippen molar-refractivity contribution in [2.75, 3.05) is 5.75 Å². The van der Waals surface area contributed by atoms with E-state index in [9.17, 15) is 14.4 Å². The average molecular weight is 502 g/mol. The van der Waals surface area contributed by atoms with Crippen molar-refractivity contribution in [1.29, 1.82) is 0 Å². The van der Waals surface area contributed by atoms with Crippen molar-refractivity contribution < 1.29 is 19.1 Å². The molecule has 1 aromatic rings. The van der Waals surface area contributed by atoms with Gasteiger partial charge in [-0.25, -0.2) is 4.79 Å². The number of hydrogen-bond donors (Lipinski definition) is 3. The normalized spacial score (nSPS) is 16.1. The third-order valence-corrected chi connectivity index (χ3v) is 6.29. The molecule has 0 heterocycles. The smallest absolute Gasteiger partial charge is 0.408 e. The van der Waals surface area contributed by atoms with Gasteiger partial charge in [0.2, 0.25) is 11.8 Å². The second kappa shape index (κ2) is 12.9. The van der Waals surface area contributed by atoms with Crippen LogP contribution >= 0.6 is 12.6 Å². The van der Waals surface area contributed by atoms with E-state index in [1.807, 2.05) is 6.92 Å². The number of hydrogen-bond acceptors (Lipinski definition) is 5. The summed E-state index contributed by atoms with van der Waals surface area (Å²) in [6.07, 6.45) is 9.11. The van der Waals surface area contributed by atoms with Crippen molar-refractivity contribution in [2.24, 2.45) is 0 Å². The van der Waals surface area contributed by atoms with Crippen LogP contribution in [0.15, 0.2) is 24.3 Å². The molecule has 3 amide bonds. The molecular formula is C27H39N3O4S. The zero-order valence-electron chi connectivity index (χ0n) is 21.5. The first kappa shape index (κ1) is 28.6. The van der Waals surface area contributed by atoms with Crippen LogP contribution in [-0.4, -0.2) is 52.3 Å². The van der Waals surface area contributed by atoms with E-state index in [0.717, 1.165) is 32.1 Å². The average Bonchev–Trinajstić information content (AvgIpc) is 2.74. The van der Waals surface area contributed by atoms with E-state index in [2.05, 4.69) is 36.1 Å². The maximum Gasteiger partial charge on any atom is 0.408 e. The number of carbonyl (C=O) groups excluding carboxylic acids is 3. The minimum atomic E-state index is -0.942. The molecule has 0 aromatic heterocycles. The Kier molecular flexibility index (Phi) is 10.5. The molecule has 1 saturated carbocycles. The van der Waals surface area contributed by atoms with Gasteiger partial charge in [0.1, 0.15) is 17.7 Å². The number of benzene rings is 1. The first-order valence-electron chi connectivity index (χ1n) is 12.3. The molecule has 1 fully saturated rings. The van der Waals surface area contributed by atoms with Gasteiger partial charge in [0, 0.05) is 23.4 Å². The lowest BCUT2D eigenvalue weighted by Gasteiger charge is -2.43. The summed E-state index contributed by atoms with van der Waals surface area (Å²) in [4.78, 5) is 41.5. The molecule has 3 atom stereocenters. The highest BCUT2D eigenvalue weighted by molar-refractivity contribution is 7.80. The molecule has 2 rings (SSSR count). The first-order valence-corrected chi connectivity index (χ1v) is 12.9. The number of thiol groups is 1. The van der Waals surface area contributed by atoms with Crippen molar-refractivity contribution in [3.8, 4) is 12.3 Å². The molecule has 192 valence electrons. The lowest BCUT2D eigenvalue weighted by molar-refractivity contribution is -0.147. The number of rotatable bonds is 10. The van der Waals surface area contributed by atoms with E-state index < -0.39 is 23.8 Å². The summed E-state index contributed by atoms with van der Waals surface area (Å²) in [6, 6.07) is 5.16. The van der Waals surface area contributed by atoms with Gasteiger partial charge in [-0.15, -0.1) is 6.42 Å². The SMILES string of the molecule is C#Cc1ccc(C(C(=O)NC(C)CCC)N(C(=O)C(CS)NC(=O)OC(C)(C)C)C2CCC2)cc1. The van der Waals surface area contributed by atoms with E-state index >= 15 is 0 Å². The van der Waals surface area contributed by atoms with Crippen molar-refractivity contribution >= 4 is 30.5 Å². The van der Waals surface area contributed by atoms with Gasteiger partial charge in [0.15, 0.2) is 0 Å². The van der Waals surface area contributed by atoms with Crippen molar-refractivity contribution in [2.45, 2.75) is 96.5 Å². The van der Waals surface area contributed by atoms with Crippen LogP contribution < -0.4 is 10.6 Å². The van der Waals surface area contributed by atoms with E-state index in [0.29, 0.717) is 11.1 Å². The predicted molar refractivity (Wildman–Crippen MR) is 141 cm³/mol. The summed E-state index contributed by atoms with van der Waals surface area (Å²) in [5, 5.41) is 5.72. The maximum atomic E-state index is 13.9. The number of nitrogens with zero attached hydrogens (tertiary/aromatic N) is 1. The molecule has 0 bridgehead atoms. The van der Waals surface area contributed by atoms with E-state index in [1.165, 1.54) is 0 Å². The van der Waals surface area contributed by atoms with Crippen molar-refractivity contribution in [1.82, 2.24) is 15.5 Å². The molecule has 3 unspecified atom stereocenters. The first-order chi connectivity index (χ1) is 16.5. The van der Waals surface area contributed by atoms with Gasteiger partial charge < -0.3 is 20.3 Å². The van der Waals surface area contributed by atoms with Crippen LogP contribution in [0.2, 0.25) is 0 Å². The van der Waals surface area contributed by atoms with E-state index in [4.69, 9.17) is 11.2 Å². The topological polar surface area (TPSA) is 87.7 Å². The Morgan fingerprint density at radius 3 is 2.29 bits per heavy atom. The minimum Gasteiger partial charge on any atom is -0.444 e. The van der Waals surface area contributed by atoms with E-state index in [1.54, 1.807) is 49.9 Å². The van der Waals surface area contributed by atoms with Crippen LogP contribution in [0.5, 0.6) is 0 Å². The summed E-state index contributed by atoms with van der Waals surface area (Å²) in [5.41, 5.74) is 0.646. The van der Waals surface area contributed by atoms with Crippen LogP contribution in [0, 0.1) is 12.3 Å². The second-order valence-electron chi connectivity index (χ2n) is 10.1. The lowest BCUT2D eigenvalue weighted by atomic mass is 9.88. The third kappa shape index (κ3) is 8.21. The highest BCUT2D eigenvalue weighted by atomic mass is 32.1. The van der Waals surface area contributed by atoms with Crippen LogP contribution in [-0.2, 0) is 14.3 Å². The lowest BCUT2D eigenvalue weighted by Crippen LogP contribution is -2.58. The molecule has 0 saturated heterocycles. The molecule has 1 aromatic carbocycles. The maximum absolute atomic E-state index is 13.9. The summed E-state index contributed by atoms with van der Waals surface area (Å²) in [5.74, 6) is 2.03. The van der Waals surface area contributed by atoms with Crippen LogP contribution in [0.1, 0.15) is 83.9 Å². The van der Waals surface area contributed by atoms with Gasteiger partial charge in [-0.05, 0) is 71.1 Å². The Bertz CT molecular complexity index is 916. The zero-order valence-corrected chi connectivity index (χ0v) is 22.4. The minimum absolute atomic E-state index is 0.0427. The van der Waals surface area contributed by atoms with Crippen LogP contribution in [0.4, 0.5) is 4.79 Å². The Labute approximate surface area is 215 Å². The zero-order chi connectivity index (χ0) is 26.2. The Morgan fingerprint density at radius 1 is 1.20 bits per heavy atom. The largest absolute Gasteiger partial charge is 0.444 e. The fraction of sp³-hybridized carbons (Fsp3) is 0.593. The molecular weight excluding hydrogens is 462 g/mol. The molecule has 0 spiro atoms. The second-order valence-corrected chi connectivity index (χ2v) is 10.4. The molecule has 7 nitrogen and oxygen atoms in total. The van der Waals surface area contributed by atoms with Gasteiger partial charge in [-0.2, -0.15) is 12.6 Å². The number of carbonyl (C=O) groups is 3. The molecule has 2 N–H and O–H groups in total. The number of alkyl carbamates (subject to hydrolysis) is 1.